The number of amides is 10. The number of benzene rings is 7. The highest BCUT2D eigenvalue weighted by molar-refractivity contribution is 7.99. The minimum atomic E-state index is -4.88. The van der Waals surface area contributed by atoms with Gasteiger partial charge in [-0.15, -0.1) is 11.8 Å². The number of aliphatic carboxylic acids is 1. The van der Waals surface area contributed by atoms with E-state index in [1.54, 1.807) is 52.0 Å². The van der Waals surface area contributed by atoms with Crippen molar-refractivity contribution >= 4 is 167 Å². The zero-order chi connectivity index (χ0) is 109. The second-order valence-corrected chi connectivity index (χ2v) is 38.1. The Labute approximate surface area is 880 Å². The molecule has 149 heavy (non-hydrogen) atoms. The van der Waals surface area contributed by atoms with Gasteiger partial charge in [0.25, 0.3) is 5.69 Å². The number of methoxy groups -OCH3 is 2. The molecule has 4 unspecified atom stereocenters. The number of likely N-dealkylation sites (tertiary alicyclic amines) is 2. The first-order valence-electron chi connectivity index (χ1n) is 47.3. The summed E-state index contributed by atoms with van der Waals surface area (Å²) in [5.41, 5.74) is 14.6. The molecule has 0 radical (unpaired) electrons. The number of H-pyrrole nitrogens is 1. The van der Waals surface area contributed by atoms with E-state index in [4.69, 9.17) is 43.6 Å². The number of nitrogens with one attached hydrogen (secondary N) is 9. The van der Waals surface area contributed by atoms with Crippen molar-refractivity contribution in [2.24, 2.45) is 23.5 Å². The van der Waals surface area contributed by atoms with Crippen molar-refractivity contribution in [1.82, 2.24) is 56.7 Å². The van der Waals surface area contributed by atoms with Gasteiger partial charge in [0.15, 0.2) is 4.90 Å². The minimum absolute atomic E-state index is 0. The summed E-state index contributed by atoms with van der Waals surface area (Å²) >= 11 is 8.60. The highest BCUT2D eigenvalue weighted by Gasteiger charge is 2.48. The molecule has 2 aliphatic heterocycles. The van der Waals surface area contributed by atoms with Crippen LogP contribution in [0.2, 0.25) is 0 Å². The van der Waals surface area contributed by atoms with E-state index in [2.05, 4.69) is 105 Å². The second kappa shape index (κ2) is 57.0. The maximum absolute atomic E-state index is 14.9. The molecule has 15 atom stereocenters. The SMILES string of the molecule is C=CCOC(=O)C(Cc1c(SCC(NC(=O)CNC(=O)[C@@H](NC(=O)CNC(=O)OCC2c3ccccc3-c3ccccc32)[C@@H](C)CC)C(=O)NC(CC(N)=O)C(=O)N2C[C@H](OC)C[C@H]2C(=O)N[C@H](C(=O)O)[C@@H](C)[C@H](C)OC(C)=O)[nH]c2ccccc12)NS(=O)(=O)c1ccccc1[N+](=O)[O-].CO[C@@H]1C[C@@H](C(=O)N[C@H](C(=O)OCc2ccccc2)C(C)[C@H](C)OC(C)=O)N(C(=O)OCC2c3ccccc3-c3ccccc32)C1.P=S.P=S.[HH]. The van der Waals surface area contributed by atoms with E-state index < -0.39 is 237 Å². The molecule has 0 bridgehead atoms. The smallest absolute Gasteiger partial charge is 0.410 e. The van der Waals surface area contributed by atoms with Gasteiger partial charge in [-0.1, -0.05) is 228 Å². The summed E-state index contributed by atoms with van der Waals surface area (Å²) in [5, 5.41) is 40.4. The Kier molecular flexibility index (Phi) is 45.4. The molecule has 2 saturated heterocycles. The first-order valence-corrected chi connectivity index (χ1v) is 53.0. The van der Waals surface area contributed by atoms with E-state index in [0.29, 0.717) is 17.3 Å². The predicted molar refractivity (Wildman–Crippen MR) is 560 cm³/mol. The quantitative estimate of drug-likeness (QED) is 0.00322. The third-order valence-corrected chi connectivity index (χ3v) is 28.4. The van der Waals surface area contributed by atoms with E-state index in [9.17, 15) is 95.6 Å². The number of thioether (sulfide) groups is 1. The number of nitrogens with zero attached hydrogens (tertiary/aromatic N) is 3. The fourth-order valence-corrected chi connectivity index (χ4v) is 20.1. The van der Waals surface area contributed by atoms with Crippen LogP contribution in [0, 0.1) is 27.9 Å². The van der Waals surface area contributed by atoms with Gasteiger partial charge in [0, 0.05) is 102 Å². The number of rotatable bonds is 46. The van der Waals surface area contributed by atoms with Gasteiger partial charge in [-0.3, -0.25) is 67.8 Å². The molecular formula is C102H123N13O28P2S4. The van der Waals surface area contributed by atoms with Gasteiger partial charge in [-0.25, -0.2) is 27.6 Å². The molecule has 47 heteroatoms. The van der Waals surface area contributed by atoms with Crippen molar-refractivity contribution in [3.05, 3.63) is 232 Å². The second-order valence-electron chi connectivity index (χ2n) is 35.4. The third-order valence-electron chi connectivity index (χ3n) is 25.7. The van der Waals surface area contributed by atoms with Gasteiger partial charge in [0.2, 0.25) is 57.3 Å². The Morgan fingerprint density at radius 3 is 1.59 bits per heavy atom. The Hall–Kier alpha value is -13.9. The molecule has 12 rings (SSSR count). The summed E-state index contributed by atoms with van der Waals surface area (Å²) < 4.78 is 74.1. The number of esters is 4. The van der Waals surface area contributed by atoms with Gasteiger partial charge in [-0.2, -0.15) is 4.72 Å². The van der Waals surface area contributed by atoms with Crippen LogP contribution in [0.3, 0.4) is 0 Å². The number of carbonyl (C=O) groups excluding carboxylic acids is 14. The van der Waals surface area contributed by atoms with Gasteiger partial charge in [0.05, 0.1) is 41.7 Å². The Balaban J connectivity index is 0.000000445. The molecule has 0 saturated carbocycles. The molecule has 8 aromatic rings. The number of hydrogen-bond donors (Lipinski definition) is 11. The number of carboxylic acid groups (broad SMARTS) is 1. The fourth-order valence-electron chi connectivity index (χ4n) is 17.7. The number of para-hydroxylation sites is 2. The van der Waals surface area contributed by atoms with Gasteiger partial charge in [-0.05, 0) is 104 Å². The van der Waals surface area contributed by atoms with Crippen molar-refractivity contribution in [2.45, 2.75) is 189 Å². The summed E-state index contributed by atoms with van der Waals surface area (Å²) in [6.07, 6.45) is -4.40. The average Bonchev–Trinajstić information content (AvgIpc) is 1.61. The normalized spacial score (nSPS) is 16.8. The van der Waals surface area contributed by atoms with Crippen LogP contribution in [-0.2, 0) is 147 Å². The maximum Gasteiger partial charge on any atom is 0.410 e. The predicted octanol–water partition coefficient (Wildman–Crippen LogP) is 8.86. The molecule has 12 N–H and O–H groups in total. The third kappa shape index (κ3) is 31.8. The van der Waals surface area contributed by atoms with Crippen LogP contribution in [-0.4, -0.2) is 261 Å². The lowest BCUT2D eigenvalue weighted by Gasteiger charge is -2.31. The molecule has 41 nitrogen and oxygen atoms in total. The Morgan fingerprint density at radius 1 is 0.584 bits per heavy atom. The van der Waals surface area contributed by atoms with Crippen LogP contribution >= 0.6 is 27.8 Å². The van der Waals surface area contributed by atoms with E-state index in [1.807, 2.05) is 115 Å². The first-order chi connectivity index (χ1) is 71.2. The summed E-state index contributed by atoms with van der Waals surface area (Å²) in [6.45, 7) is 13.5. The van der Waals surface area contributed by atoms with E-state index in [-0.39, 0.29) is 76.2 Å². The number of nitrogens with two attached hydrogens (primary N) is 1. The van der Waals surface area contributed by atoms with Gasteiger partial charge in [0.1, 0.15) is 93.5 Å². The number of nitro groups is 1. The van der Waals surface area contributed by atoms with Crippen molar-refractivity contribution in [1.29, 1.82) is 0 Å². The number of aromatic amines is 1. The first kappa shape index (κ1) is 119. The topological polar surface area (TPSA) is 572 Å². The standard InChI is InChI=1S/C66H79N11O20S2.C36H40N2O8.2HPS.H2/c1-8-26-95-65(88)49(75-99(92,93)53-25-17-16-24-51(53)77(90)91)28-45-44-22-14-15-23-47(44)72-62(45)98-34-50(59(82)71-48(29-54(67)79)63(85)76-32-39(94-7)27-52(76)60(83)74-58(64(86)87)36(4)37(5)97-38(6)78)70-55(80)30-68-61(84)57(35(3)9-2)73-56(81)31-69-66(89)96-33-46-42-20-12-10-18-40(42)41-19-11-13-21-43(41)46;1-22(23(2)46-24(3)39)33(35(41)44-20-25-12-6-5-7-13-25)37-34(40)32-18-26(43-4)19-38(32)36(42)45-21-31-29-16-10-8-14-27(29)28-15-9-11-17-30(28)31;2*1-2;/h8,10-25,35-37,39,46,48-50,52,57-58,72,75H,1,9,26-34H2,2-7H3,(H2,67,79)(H,68,84)(H,69,89)(H,70,80)(H,71,82)(H,73,81)(H,74,83)(H,86,87);5-17,22-23,26,31-33H,18-21H2,1-4H3,(H,37,40);2*1H;1H/t35-,36-,37-,39+,48?,49?,50?,52-,57-,58-;22?,23-,26+,32-,33-;;;/m00.../s1. The largest absolute Gasteiger partial charge is 0.480 e. The van der Waals surface area contributed by atoms with Gasteiger partial charge < -0.3 is 95.8 Å². The number of carboxylic acids is 1. The van der Waals surface area contributed by atoms with Crippen molar-refractivity contribution in [2.75, 3.05) is 66.0 Å². The molecule has 2 fully saturated rings. The molecular weight excluding hydrogens is 2050 g/mol. The van der Waals surface area contributed by atoms with E-state index in [0.717, 1.165) is 85.8 Å². The summed E-state index contributed by atoms with van der Waals surface area (Å²) in [7, 11) is 3.03. The number of hydrogen-bond acceptors (Lipinski definition) is 30. The summed E-state index contributed by atoms with van der Waals surface area (Å²) in [4.78, 5) is 218. The van der Waals surface area contributed by atoms with Crippen LogP contribution in [0.4, 0.5) is 15.3 Å². The molecule has 1 aromatic heterocycles. The summed E-state index contributed by atoms with van der Waals surface area (Å²) in [6, 6.07) is 39.6. The molecule has 0 spiro atoms. The number of ether oxygens (including phenoxy) is 8. The minimum Gasteiger partial charge on any atom is -0.480 e. The zero-order valence-electron chi connectivity index (χ0n) is 83.3. The van der Waals surface area contributed by atoms with Crippen molar-refractivity contribution < 1.29 is 130 Å². The summed E-state index contributed by atoms with van der Waals surface area (Å²) in [5.74, 6) is -15.3. The highest BCUT2D eigenvalue weighted by atomic mass is 32.4. The van der Waals surface area contributed by atoms with Crippen molar-refractivity contribution in [3.8, 4) is 22.3 Å². The number of nitro benzene ring substituents is 1. The molecule has 798 valence electrons. The lowest BCUT2D eigenvalue weighted by atomic mass is 9.95. The van der Waals surface area contributed by atoms with Crippen LogP contribution in [0.15, 0.2) is 199 Å². The van der Waals surface area contributed by atoms with Gasteiger partial charge >= 0.3 is 42.0 Å². The van der Waals surface area contributed by atoms with Crippen LogP contribution in [0.5, 0.6) is 0 Å². The lowest BCUT2D eigenvalue weighted by Crippen LogP contribution is -2.59. The highest BCUT2D eigenvalue weighted by Crippen LogP contribution is 2.47. The van der Waals surface area contributed by atoms with E-state index in [1.165, 1.54) is 58.1 Å². The average molecular weight is 2170 g/mol. The number of aromatic nitrogens is 1. The number of primary amides is 1. The Morgan fingerprint density at radius 2 is 1.07 bits per heavy atom. The molecule has 3 heterocycles. The Bertz CT molecular complexity index is 6210. The maximum atomic E-state index is 14.9. The lowest BCUT2D eigenvalue weighted by molar-refractivity contribution is -0.387. The number of sulfonamides is 1. The monoisotopic (exact) mass is 2170 g/mol. The molecule has 2 aliphatic carbocycles. The van der Waals surface area contributed by atoms with E-state index >= 15 is 0 Å². The zero-order valence-corrected chi connectivity index (χ0v) is 88.5. The number of carbonyl (C=O) groups is 15. The fraction of sp³-hybridized carbons (Fsp3) is 0.402. The van der Waals surface area contributed by atoms with Crippen LogP contribution < -0.4 is 47.7 Å². The number of fused-ring (bicyclic) bond motifs is 7. The van der Waals surface area contributed by atoms with Crippen LogP contribution in [0.25, 0.3) is 33.2 Å². The van der Waals surface area contributed by atoms with Crippen LogP contribution in [0.1, 0.15) is 128 Å². The molecule has 4 aliphatic rings. The molecule has 10 amide bonds. The number of alkyl carbamates (subject to hydrolysis) is 1. The van der Waals surface area contributed by atoms with Crippen molar-refractivity contribution in [3.63, 3.8) is 0 Å². The molecule has 7 aromatic carbocycles.